The fraction of sp³-hybridized carbons (Fsp3) is 0.200. The number of nitrogens with two attached hydrogens (primary N) is 1. The number of carbonyl (C=O) groups is 2. The van der Waals surface area contributed by atoms with E-state index in [-0.39, 0.29) is 16.1 Å². The van der Waals surface area contributed by atoms with Gasteiger partial charge in [-0.15, -0.1) is 0 Å². The van der Waals surface area contributed by atoms with Crippen molar-refractivity contribution in [3.8, 4) is 0 Å². The molecule has 4 N–H and O–H groups in total. The molecule has 0 aliphatic rings. The van der Waals surface area contributed by atoms with Gasteiger partial charge in [-0.05, 0) is 18.2 Å². The first-order chi connectivity index (χ1) is 8.77. The lowest BCUT2D eigenvalue weighted by Gasteiger charge is -2.08. The van der Waals surface area contributed by atoms with Crippen LogP contribution in [0, 0.1) is 0 Å². The molecule has 9 heteroatoms. The van der Waals surface area contributed by atoms with E-state index in [1.165, 1.54) is 0 Å². The molecule has 0 aliphatic carbocycles. The zero-order chi connectivity index (χ0) is 14.6. The number of nitrogens with one attached hydrogen (secondary N) is 1. The van der Waals surface area contributed by atoms with Gasteiger partial charge in [0.15, 0.2) is 0 Å². The highest BCUT2D eigenvalue weighted by Gasteiger charge is 2.19. The number of rotatable bonds is 5. The lowest BCUT2D eigenvalue weighted by Crippen LogP contribution is -2.30. The lowest BCUT2D eigenvalue weighted by atomic mass is 10.2. The minimum atomic E-state index is -4.01. The zero-order valence-corrected chi connectivity index (χ0v) is 10.7. The molecule has 0 fully saturated rings. The van der Waals surface area contributed by atoms with E-state index < -0.39 is 28.5 Å². The molecular weight excluding hydrogens is 276 g/mol. The number of benzene rings is 1. The maximum atomic E-state index is 11.8. The number of carboxylic acids is 1. The average Bonchev–Trinajstić information content (AvgIpc) is 2.35. The Morgan fingerprint density at radius 3 is 2.53 bits per heavy atom. The van der Waals surface area contributed by atoms with E-state index in [9.17, 15) is 18.0 Å². The highest BCUT2D eigenvalue weighted by molar-refractivity contribution is 7.89. The highest BCUT2D eigenvalue weighted by Crippen LogP contribution is 2.19. The molecule has 8 nitrogen and oxygen atoms in total. The number of sulfonamides is 1. The third-order valence-corrected chi connectivity index (χ3v) is 3.66. The van der Waals surface area contributed by atoms with Crippen molar-refractivity contribution < 1.29 is 27.9 Å². The van der Waals surface area contributed by atoms with Crippen molar-refractivity contribution >= 4 is 27.6 Å². The Bertz CT molecular complexity index is 610. The second-order valence-electron chi connectivity index (χ2n) is 3.46. The Morgan fingerprint density at radius 1 is 1.42 bits per heavy atom. The van der Waals surface area contributed by atoms with Gasteiger partial charge in [-0.25, -0.2) is 13.2 Å². The van der Waals surface area contributed by atoms with Crippen molar-refractivity contribution in [2.45, 2.75) is 4.90 Å². The van der Waals surface area contributed by atoms with Gasteiger partial charge < -0.3 is 15.6 Å². The SMILES string of the molecule is COC(=O)CNS(=O)(=O)c1ccc(C(=O)O)cc1N. The maximum absolute atomic E-state index is 11.8. The van der Waals surface area contributed by atoms with Crippen molar-refractivity contribution in [3.63, 3.8) is 0 Å². The molecule has 1 aromatic rings. The largest absolute Gasteiger partial charge is 0.478 e. The summed E-state index contributed by atoms with van der Waals surface area (Å²) in [5, 5.41) is 8.73. The average molecular weight is 288 g/mol. The van der Waals surface area contributed by atoms with Gasteiger partial charge >= 0.3 is 11.9 Å². The van der Waals surface area contributed by atoms with Crippen molar-refractivity contribution in [2.75, 3.05) is 19.4 Å². The standard InChI is InChI=1S/C10H12N2O6S/c1-18-9(13)5-12-19(16,17)8-3-2-6(10(14)15)4-7(8)11/h2-4,12H,5,11H2,1H3,(H,14,15). The molecule has 0 aromatic heterocycles. The summed E-state index contributed by atoms with van der Waals surface area (Å²) in [6, 6.07) is 3.18. The number of ether oxygens (including phenoxy) is 1. The van der Waals surface area contributed by atoms with E-state index in [0.717, 1.165) is 25.3 Å². The lowest BCUT2D eigenvalue weighted by molar-refractivity contribution is -0.139. The summed E-state index contributed by atoms with van der Waals surface area (Å²) in [7, 11) is -2.89. The summed E-state index contributed by atoms with van der Waals surface area (Å²) in [5.41, 5.74) is 5.13. The first-order valence-corrected chi connectivity index (χ1v) is 6.45. The monoisotopic (exact) mass is 288 g/mol. The number of methoxy groups -OCH3 is 1. The summed E-state index contributed by atoms with van der Waals surface area (Å²) in [5.74, 6) is -1.98. The molecular formula is C10H12N2O6S. The minimum absolute atomic E-state index is 0.135. The second kappa shape index (κ2) is 5.67. The van der Waals surface area contributed by atoms with E-state index in [1.54, 1.807) is 0 Å². The van der Waals surface area contributed by atoms with Crippen molar-refractivity contribution in [2.24, 2.45) is 0 Å². The fourth-order valence-electron chi connectivity index (χ4n) is 1.23. The van der Waals surface area contributed by atoms with Gasteiger partial charge in [0, 0.05) is 0 Å². The van der Waals surface area contributed by atoms with Crippen LogP contribution in [0.3, 0.4) is 0 Å². The smallest absolute Gasteiger partial charge is 0.335 e. The van der Waals surface area contributed by atoms with Crippen molar-refractivity contribution in [1.29, 1.82) is 0 Å². The number of carbonyl (C=O) groups excluding carboxylic acids is 1. The number of carboxylic acid groups (broad SMARTS) is 1. The number of nitrogen functional groups attached to an aromatic ring is 1. The summed E-state index contributed by atoms with van der Waals surface area (Å²) in [4.78, 5) is 21.2. The molecule has 0 atom stereocenters. The Labute approximate surface area is 109 Å². The molecule has 0 saturated heterocycles. The summed E-state index contributed by atoms with van der Waals surface area (Å²) in [6.45, 7) is -0.543. The predicted octanol–water partition coefficient (Wildman–Crippen LogP) is -0.582. The van der Waals surface area contributed by atoms with Crippen LogP contribution >= 0.6 is 0 Å². The molecule has 0 aliphatic heterocycles. The van der Waals surface area contributed by atoms with E-state index in [1.807, 2.05) is 4.72 Å². The Hall–Kier alpha value is -2.13. The topological polar surface area (TPSA) is 136 Å². The van der Waals surface area contributed by atoms with Crippen LogP contribution in [-0.4, -0.2) is 39.1 Å². The Balaban J connectivity index is 3.02. The molecule has 1 aromatic carbocycles. The van der Waals surface area contributed by atoms with Gasteiger partial charge in [-0.3, -0.25) is 4.79 Å². The molecule has 0 saturated carbocycles. The van der Waals surface area contributed by atoms with Crippen LogP contribution in [0.2, 0.25) is 0 Å². The molecule has 0 spiro atoms. The first kappa shape index (κ1) is 14.9. The van der Waals surface area contributed by atoms with Gasteiger partial charge in [0.05, 0.1) is 18.4 Å². The molecule has 19 heavy (non-hydrogen) atoms. The number of aromatic carboxylic acids is 1. The number of hydrogen-bond donors (Lipinski definition) is 3. The first-order valence-electron chi connectivity index (χ1n) is 4.97. The molecule has 104 valence electrons. The van der Waals surface area contributed by atoms with Crippen LogP contribution in [0.15, 0.2) is 23.1 Å². The number of hydrogen-bond acceptors (Lipinski definition) is 6. The molecule has 1 rings (SSSR count). The molecule has 0 bridgehead atoms. The number of esters is 1. The van der Waals surface area contributed by atoms with Gasteiger partial charge in [0.1, 0.15) is 11.4 Å². The summed E-state index contributed by atoms with van der Waals surface area (Å²) in [6.07, 6.45) is 0. The van der Waals surface area contributed by atoms with Crippen molar-refractivity contribution in [3.05, 3.63) is 23.8 Å². The fourth-order valence-corrected chi connectivity index (χ4v) is 2.31. The normalized spacial score (nSPS) is 11.0. The van der Waals surface area contributed by atoms with Crippen LogP contribution in [-0.2, 0) is 19.6 Å². The third-order valence-electron chi connectivity index (χ3n) is 2.18. The number of anilines is 1. The quantitative estimate of drug-likeness (QED) is 0.487. The van der Waals surface area contributed by atoms with Crippen LogP contribution in [0.1, 0.15) is 10.4 Å². The van der Waals surface area contributed by atoms with E-state index in [0.29, 0.717) is 0 Å². The van der Waals surface area contributed by atoms with Gasteiger partial charge in [0.2, 0.25) is 10.0 Å². The maximum Gasteiger partial charge on any atom is 0.335 e. The minimum Gasteiger partial charge on any atom is -0.478 e. The van der Waals surface area contributed by atoms with Crippen LogP contribution in [0.5, 0.6) is 0 Å². The predicted molar refractivity (Wildman–Crippen MR) is 65.0 cm³/mol. The second-order valence-corrected chi connectivity index (χ2v) is 5.19. The molecule has 0 radical (unpaired) electrons. The van der Waals surface area contributed by atoms with Gasteiger partial charge in [0.25, 0.3) is 0 Å². The van der Waals surface area contributed by atoms with E-state index in [4.69, 9.17) is 10.8 Å². The molecule has 0 unspecified atom stereocenters. The van der Waals surface area contributed by atoms with E-state index >= 15 is 0 Å². The Kier molecular flexibility index (Phi) is 4.46. The van der Waals surface area contributed by atoms with Crippen LogP contribution in [0.4, 0.5) is 5.69 Å². The van der Waals surface area contributed by atoms with Crippen molar-refractivity contribution in [1.82, 2.24) is 4.72 Å². The third kappa shape index (κ3) is 3.66. The Morgan fingerprint density at radius 2 is 2.05 bits per heavy atom. The summed E-state index contributed by atoms with van der Waals surface area (Å²) >= 11 is 0. The van der Waals surface area contributed by atoms with E-state index in [2.05, 4.69) is 4.74 Å². The molecule has 0 heterocycles. The van der Waals surface area contributed by atoms with Gasteiger partial charge in [-0.2, -0.15) is 4.72 Å². The molecule has 0 amide bonds. The zero-order valence-electron chi connectivity index (χ0n) is 9.91. The van der Waals surface area contributed by atoms with Crippen LogP contribution in [0.25, 0.3) is 0 Å². The highest BCUT2D eigenvalue weighted by atomic mass is 32.2. The van der Waals surface area contributed by atoms with Crippen LogP contribution < -0.4 is 10.5 Å². The van der Waals surface area contributed by atoms with Gasteiger partial charge in [-0.1, -0.05) is 0 Å². The summed E-state index contributed by atoms with van der Waals surface area (Å²) < 4.78 is 29.9.